The second-order valence-electron chi connectivity index (χ2n) is 3.75. The molecule has 0 unspecified atom stereocenters. The Morgan fingerprint density at radius 3 is 2.94 bits per heavy atom. The number of carboxylic acids is 1. The van der Waals surface area contributed by atoms with Gasteiger partial charge in [-0.15, -0.1) is 0 Å². The van der Waals surface area contributed by atoms with Crippen LogP contribution in [0.3, 0.4) is 0 Å². The first-order chi connectivity index (χ1) is 7.63. The standard InChI is InChI=1S/C12H13NO3/c1-7-6-9-8(11(13-7)12(14)15)4-3-5-10(9)16-2/h5-6H,3-4H2,1-2H3,(H,14,15). The maximum atomic E-state index is 11.1. The molecule has 1 aromatic rings. The van der Waals surface area contributed by atoms with E-state index in [1.54, 1.807) is 14.0 Å². The molecule has 0 radical (unpaired) electrons. The molecule has 0 amide bonds. The zero-order chi connectivity index (χ0) is 11.7. The van der Waals surface area contributed by atoms with Gasteiger partial charge in [0.15, 0.2) is 5.69 Å². The summed E-state index contributed by atoms with van der Waals surface area (Å²) in [5.41, 5.74) is 2.48. The Morgan fingerprint density at radius 2 is 2.31 bits per heavy atom. The normalized spacial score (nSPS) is 14.0. The molecule has 1 aliphatic carbocycles. The van der Waals surface area contributed by atoms with E-state index < -0.39 is 5.97 Å². The molecule has 0 saturated heterocycles. The number of ether oxygens (including phenoxy) is 1. The number of carboxylic acid groups (broad SMARTS) is 1. The smallest absolute Gasteiger partial charge is 0.354 e. The third kappa shape index (κ3) is 1.66. The van der Waals surface area contributed by atoms with Gasteiger partial charge in [-0.2, -0.15) is 0 Å². The highest BCUT2D eigenvalue weighted by molar-refractivity contribution is 5.89. The summed E-state index contributed by atoms with van der Waals surface area (Å²) >= 11 is 0. The Kier molecular flexibility index (Phi) is 2.64. The quantitative estimate of drug-likeness (QED) is 0.826. The average molecular weight is 219 g/mol. The lowest BCUT2D eigenvalue weighted by Gasteiger charge is -2.18. The Bertz CT molecular complexity index is 477. The molecule has 1 heterocycles. The number of hydrogen-bond acceptors (Lipinski definition) is 3. The van der Waals surface area contributed by atoms with Gasteiger partial charge in [-0.05, 0) is 37.5 Å². The van der Waals surface area contributed by atoms with E-state index in [1.807, 2.05) is 12.1 Å². The predicted octanol–water partition coefficient (Wildman–Crippen LogP) is 2.02. The lowest BCUT2D eigenvalue weighted by molar-refractivity contribution is 0.0689. The molecular weight excluding hydrogens is 206 g/mol. The summed E-state index contributed by atoms with van der Waals surface area (Å²) in [6, 6.07) is 1.87. The monoisotopic (exact) mass is 219 g/mol. The van der Waals surface area contributed by atoms with Crippen LogP contribution in [0.4, 0.5) is 0 Å². The SMILES string of the molecule is COC1=CCCc2c1cc(C)nc2C(=O)O. The molecule has 84 valence electrons. The van der Waals surface area contributed by atoms with Crippen LogP contribution in [-0.2, 0) is 11.2 Å². The van der Waals surface area contributed by atoms with E-state index >= 15 is 0 Å². The van der Waals surface area contributed by atoms with E-state index in [4.69, 9.17) is 9.84 Å². The summed E-state index contributed by atoms with van der Waals surface area (Å²) < 4.78 is 5.25. The maximum Gasteiger partial charge on any atom is 0.354 e. The molecule has 0 saturated carbocycles. The number of aromatic nitrogens is 1. The molecule has 2 rings (SSSR count). The molecule has 1 aromatic heterocycles. The summed E-state index contributed by atoms with van der Waals surface area (Å²) in [6.07, 6.45) is 3.48. The van der Waals surface area contributed by atoms with E-state index in [-0.39, 0.29) is 5.69 Å². The van der Waals surface area contributed by atoms with Crippen molar-refractivity contribution < 1.29 is 14.6 Å². The van der Waals surface area contributed by atoms with Crippen LogP contribution in [0, 0.1) is 6.92 Å². The molecule has 0 bridgehead atoms. The predicted molar refractivity (Wildman–Crippen MR) is 59.2 cm³/mol. The molecule has 4 heteroatoms. The minimum atomic E-state index is -0.975. The van der Waals surface area contributed by atoms with Crippen molar-refractivity contribution in [1.82, 2.24) is 4.98 Å². The van der Waals surface area contributed by atoms with Crippen LogP contribution in [0.25, 0.3) is 5.76 Å². The van der Waals surface area contributed by atoms with Crippen molar-refractivity contribution in [2.24, 2.45) is 0 Å². The fourth-order valence-corrected chi connectivity index (χ4v) is 2.00. The van der Waals surface area contributed by atoms with Crippen LogP contribution in [0.15, 0.2) is 12.1 Å². The average Bonchev–Trinajstić information content (AvgIpc) is 2.27. The van der Waals surface area contributed by atoms with Crippen molar-refractivity contribution in [3.8, 4) is 0 Å². The molecule has 16 heavy (non-hydrogen) atoms. The number of aromatic carboxylic acids is 1. The first-order valence-electron chi connectivity index (χ1n) is 5.12. The molecule has 0 spiro atoms. The number of carbonyl (C=O) groups is 1. The van der Waals surface area contributed by atoms with Crippen molar-refractivity contribution in [2.45, 2.75) is 19.8 Å². The van der Waals surface area contributed by atoms with Crippen LogP contribution in [-0.4, -0.2) is 23.2 Å². The summed E-state index contributed by atoms with van der Waals surface area (Å²) in [4.78, 5) is 15.2. The first-order valence-corrected chi connectivity index (χ1v) is 5.12. The van der Waals surface area contributed by atoms with E-state index in [0.717, 1.165) is 23.3 Å². The fraction of sp³-hybridized carbons (Fsp3) is 0.333. The van der Waals surface area contributed by atoms with Gasteiger partial charge >= 0.3 is 5.97 Å². The zero-order valence-corrected chi connectivity index (χ0v) is 9.28. The summed E-state index contributed by atoms with van der Waals surface area (Å²) in [7, 11) is 1.59. The van der Waals surface area contributed by atoms with Crippen molar-refractivity contribution in [3.05, 3.63) is 34.7 Å². The van der Waals surface area contributed by atoms with Crippen molar-refractivity contribution in [1.29, 1.82) is 0 Å². The van der Waals surface area contributed by atoms with Gasteiger partial charge in [-0.25, -0.2) is 9.78 Å². The molecule has 4 nitrogen and oxygen atoms in total. The van der Waals surface area contributed by atoms with Crippen LogP contribution in [0.5, 0.6) is 0 Å². The molecule has 1 N–H and O–H groups in total. The number of methoxy groups -OCH3 is 1. The van der Waals surface area contributed by atoms with Crippen LogP contribution in [0.1, 0.15) is 33.7 Å². The number of fused-ring (bicyclic) bond motifs is 1. The minimum Gasteiger partial charge on any atom is -0.496 e. The second kappa shape index (κ2) is 3.96. The number of allylic oxidation sites excluding steroid dienone is 1. The highest BCUT2D eigenvalue weighted by Gasteiger charge is 2.21. The number of hydrogen-bond donors (Lipinski definition) is 1. The van der Waals surface area contributed by atoms with Gasteiger partial charge in [0.2, 0.25) is 0 Å². The summed E-state index contributed by atoms with van der Waals surface area (Å²) in [5, 5.41) is 9.10. The van der Waals surface area contributed by atoms with Crippen molar-refractivity contribution in [2.75, 3.05) is 7.11 Å². The molecular formula is C12H13NO3. The minimum absolute atomic E-state index is 0.151. The van der Waals surface area contributed by atoms with Gasteiger partial charge in [0, 0.05) is 11.3 Å². The first kappa shape index (κ1) is 10.7. The van der Waals surface area contributed by atoms with E-state index in [9.17, 15) is 4.79 Å². The number of aryl methyl sites for hydroxylation is 1. The lowest BCUT2D eigenvalue weighted by atomic mass is 9.94. The Morgan fingerprint density at radius 1 is 1.56 bits per heavy atom. The third-order valence-corrected chi connectivity index (χ3v) is 2.66. The third-order valence-electron chi connectivity index (χ3n) is 2.66. The van der Waals surface area contributed by atoms with E-state index in [2.05, 4.69) is 4.98 Å². The second-order valence-corrected chi connectivity index (χ2v) is 3.75. The Hall–Kier alpha value is -1.84. The molecule has 0 atom stereocenters. The van der Waals surface area contributed by atoms with Gasteiger partial charge in [0.1, 0.15) is 5.76 Å². The Labute approximate surface area is 93.6 Å². The largest absolute Gasteiger partial charge is 0.496 e. The van der Waals surface area contributed by atoms with E-state index in [1.165, 1.54) is 0 Å². The van der Waals surface area contributed by atoms with Crippen molar-refractivity contribution >= 4 is 11.7 Å². The van der Waals surface area contributed by atoms with Gasteiger partial charge in [0.25, 0.3) is 0 Å². The molecule has 0 fully saturated rings. The topological polar surface area (TPSA) is 59.4 Å². The van der Waals surface area contributed by atoms with Crippen LogP contribution >= 0.6 is 0 Å². The Balaban J connectivity index is 2.65. The summed E-state index contributed by atoms with van der Waals surface area (Å²) in [6.45, 7) is 1.79. The number of pyridine rings is 1. The molecule has 0 aliphatic heterocycles. The highest BCUT2D eigenvalue weighted by Crippen LogP contribution is 2.29. The maximum absolute atomic E-state index is 11.1. The fourth-order valence-electron chi connectivity index (χ4n) is 2.00. The highest BCUT2D eigenvalue weighted by atomic mass is 16.5. The van der Waals surface area contributed by atoms with Gasteiger partial charge in [0.05, 0.1) is 7.11 Å². The number of nitrogens with zero attached hydrogens (tertiary/aromatic N) is 1. The van der Waals surface area contributed by atoms with Crippen molar-refractivity contribution in [3.63, 3.8) is 0 Å². The van der Waals surface area contributed by atoms with Crippen LogP contribution in [0.2, 0.25) is 0 Å². The zero-order valence-electron chi connectivity index (χ0n) is 9.28. The van der Waals surface area contributed by atoms with Gasteiger partial charge in [-0.3, -0.25) is 0 Å². The summed E-state index contributed by atoms with van der Waals surface area (Å²) in [5.74, 6) is -0.230. The van der Waals surface area contributed by atoms with Crippen LogP contribution < -0.4 is 0 Å². The van der Waals surface area contributed by atoms with Gasteiger partial charge < -0.3 is 9.84 Å². The number of rotatable bonds is 2. The molecule has 0 aromatic carbocycles. The lowest BCUT2D eigenvalue weighted by Crippen LogP contribution is -2.12. The van der Waals surface area contributed by atoms with E-state index in [0.29, 0.717) is 12.1 Å². The van der Waals surface area contributed by atoms with Gasteiger partial charge in [-0.1, -0.05) is 0 Å². The molecule has 1 aliphatic rings.